The van der Waals surface area contributed by atoms with Crippen LogP contribution in [0.3, 0.4) is 0 Å². The summed E-state index contributed by atoms with van der Waals surface area (Å²) in [7, 11) is -4.12. The molecular weight excluding hydrogens is 690 g/mol. The molecule has 0 radical (unpaired) electrons. The fourth-order valence-electron chi connectivity index (χ4n) is 5.25. The third-order valence-corrected chi connectivity index (χ3v) is 9.99. The molecule has 45 heavy (non-hydrogen) atoms. The van der Waals surface area contributed by atoms with Gasteiger partial charge in [0, 0.05) is 35.6 Å². The molecule has 0 bridgehead atoms. The minimum absolute atomic E-state index is 0.0127. The predicted molar refractivity (Wildman–Crippen MR) is 172 cm³/mol. The number of morpholine rings is 1. The summed E-state index contributed by atoms with van der Waals surface area (Å²) in [6.07, 6.45) is 0. The molecule has 0 aliphatic carbocycles. The van der Waals surface area contributed by atoms with E-state index in [1.807, 2.05) is 0 Å². The van der Waals surface area contributed by atoms with Crippen LogP contribution < -0.4 is 4.31 Å². The minimum atomic E-state index is -4.12. The highest BCUT2D eigenvalue weighted by Gasteiger charge is 2.30. The SMILES string of the molecule is CCOC(=O)c1oc2ccc(S(=O)(=O)N(CC)c3ccc(Cl)cc3CN(Cc3ccc(Br)o3)C(=O)N3CCOCC3)cc2c1C. The zero-order valence-electron chi connectivity index (χ0n) is 25.0. The van der Waals surface area contributed by atoms with E-state index in [1.165, 1.54) is 22.5 Å². The molecule has 11 nitrogen and oxygen atoms in total. The van der Waals surface area contributed by atoms with Crippen molar-refractivity contribution < 1.29 is 36.3 Å². The van der Waals surface area contributed by atoms with Gasteiger partial charge >= 0.3 is 12.0 Å². The number of urea groups is 1. The molecule has 1 aliphatic heterocycles. The Bertz CT molecular complexity index is 1820. The molecule has 5 rings (SSSR count). The summed E-state index contributed by atoms with van der Waals surface area (Å²) in [5.74, 6) is -0.0324. The summed E-state index contributed by atoms with van der Waals surface area (Å²) >= 11 is 9.75. The average Bonchev–Trinajstić information content (AvgIpc) is 3.59. The summed E-state index contributed by atoms with van der Waals surface area (Å²) in [5, 5.41) is 0.877. The van der Waals surface area contributed by atoms with Gasteiger partial charge in [-0.05, 0) is 90.8 Å². The van der Waals surface area contributed by atoms with E-state index in [9.17, 15) is 18.0 Å². The number of aryl methyl sites for hydroxylation is 1. The van der Waals surface area contributed by atoms with E-state index in [0.717, 1.165) is 0 Å². The Labute approximate surface area is 274 Å². The van der Waals surface area contributed by atoms with Crippen LogP contribution in [0.25, 0.3) is 11.0 Å². The Hall–Kier alpha value is -3.52. The number of nitrogens with zero attached hydrogens (tertiary/aromatic N) is 3. The Balaban J connectivity index is 1.52. The van der Waals surface area contributed by atoms with Crippen LogP contribution in [0.5, 0.6) is 0 Å². The van der Waals surface area contributed by atoms with Crippen molar-refractivity contribution in [3.63, 3.8) is 0 Å². The van der Waals surface area contributed by atoms with E-state index in [1.54, 1.807) is 60.9 Å². The Morgan fingerprint density at radius 1 is 1.02 bits per heavy atom. The number of halogens is 2. The first-order valence-corrected chi connectivity index (χ1v) is 17.0. The van der Waals surface area contributed by atoms with Crippen molar-refractivity contribution in [1.82, 2.24) is 9.80 Å². The van der Waals surface area contributed by atoms with Crippen molar-refractivity contribution in [3.05, 3.63) is 80.9 Å². The highest BCUT2D eigenvalue weighted by molar-refractivity contribution is 9.10. The van der Waals surface area contributed by atoms with Gasteiger partial charge in [-0.2, -0.15) is 0 Å². The van der Waals surface area contributed by atoms with Crippen molar-refractivity contribution in [1.29, 1.82) is 0 Å². The quantitative estimate of drug-likeness (QED) is 0.168. The molecule has 1 saturated heterocycles. The van der Waals surface area contributed by atoms with E-state index in [-0.39, 0.29) is 42.9 Å². The van der Waals surface area contributed by atoms with Crippen molar-refractivity contribution in [3.8, 4) is 0 Å². The van der Waals surface area contributed by atoms with Crippen LogP contribution in [0.1, 0.15) is 41.3 Å². The molecule has 2 amide bonds. The average molecular weight is 723 g/mol. The number of amides is 2. The first kappa shape index (κ1) is 32.9. The lowest BCUT2D eigenvalue weighted by Gasteiger charge is -2.34. The number of ether oxygens (including phenoxy) is 2. The summed E-state index contributed by atoms with van der Waals surface area (Å²) in [6.45, 7) is 7.30. The van der Waals surface area contributed by atoms with Gasteiger partial charge in [-0.15, -0.1) is 0 Å². The first-order chi connectivity index (χ1) is 21.5. The molecule has 0 unspecified atom stereocenters. The lowest BCUT2D eigenvalue weighted by Crippen LogP contribution is -2.47. The summed E-state index contributed by atoms with van der Waals surface area (Å²) in [6, 6.07) is 12.7. The second kappa shape index (κ2) is 13.9. The van der Waals surface area contributed by atoms with Gasteiger partial charge in [-0.3, -0.25) is 4.31 Å². The third kappa shape index (κ3) is 7.01. The summed E-state index contributed by atoms with van der Waals surface area (Å²) in [5.41, 5.74) is 1.76. The standard InChI is InChI=1S/C31H33BrClN3O8S/c1-4-36(45(39,40)24-8-10-27-25(17-24)20(3)29(44-27)30(37)42-5-2)26-9-6-22(33)16-21(26)18-35(19-23-7-11-28(32)43-23)31(38)34-12-14-41-15-13-34/h6-11,16-17H,4-5,12-15,18-19H2,1-3H3. The number of carbonyl (C=O) groups is 2. The lowest BCUT2D eigenvalue weighted by molar-refractivity contribution is 0.0412. The van der Waals surface area contributed by atoms with Gasteiger partial charge in [-0.1, -0.05) is 11.6 Å². The van der Waals surface area contributed by atoms with Crippen molar-refractivity contribution in [2.24, 2.45) is 0 Å². The molecule has 2 aromatic heterocycles. The third-order valence-electron chi connectivity index (χ3n) is 7.44. The molecule has 2 aromatic carbocycles. The molecule has 0 atom stereocenters. The minimum Gasteiger partial charge on any atom is -0.460 e. The van der Waals surface area contributed by atoms with Crippen LogP contribution in [0.2, 0.25) is 5.02 Å². The van der Waals surface area contributed by atoms with Crippen molar-refractivity contribution in [2.45, 2.75) is 38.8 Å². The fourth-order valence-corrected chi connectivity index (χ4v) is 7.32. The van der Waals surface area contributed by atoms with Crippen LogP contribution in [0.4, 0.5) is 10.5 Å². The molecule has 14 heteroatoms. The van der Waals surface area contributed by atoms with Gasteiger partial charge in [0.1, 0.15) is 11.3 Å². The number of fused-ring (bicyclic) bond motifs is 1. The summed E-state index contributed by atoms with van der Waals surface area (Å²) < 4.78 is 52.1. The van der Waals surface area contributed by atoms with E-state index in [4.69, 9.17) is 29.9 Å². The molecular formula is C31H33BrClN3O8S. The molecule has 0 spiro atoms. The van der Waals surface area contributed by atoms with Crippen LogP contribution in [-0.2, 0) is 32.6 Å². The zero-order chi connectivity index (χ0) is 32.3. The lowest BCUT2D eigenvalue weighted by atomic mass is 10.1. The van der Waals surface area contributed by atoms with Gasteiger partial charge in [0.15, 0.2) is 4.67 Å². The fraction of sp³-hybridized carbons (Fsp3) is 0.355. The maximum Gasteiger partial charge on any atom is 0.374 e. The van der Waals surface area contributed by atoms with Gasteiger partial charge in [0.25, 0.3) is 10.0 Å². The Morgan fingerprint density at radius 3 is 2.44 bits per heavy atom. The maximum absolute atomic E-state index is 14.2. The highest BCUT2D eigenvalue weighted by Crippen LogP contribution is 2.34. The number of benzene rings is 2. The van der Waals surface area contributed by atoms with E-state index >= 15 is 0 Å². The molecule has 240 valence electrons. The van der Waals surface area contributed by atoms with E-state index in [2.05, 4.69) is 15.9 Å². The second-order valence-corrected chi connectivity index (χ2v) is 13.4. The smallest absolute Gasteiger partial charge is 0.374 e. The maximum atomic E-state index is 14.2. The van der Waals surface area contributed by atoms with Gasteiger partial charge in [0.05, 0.1) is 43.5 Å². The van der Waals surface area contributed by atoms with Crippen molar-refractivity contribution in [2.75, 3.05) is 43.8 Å². The number of carbonyl (C=O) groups excluding carboxylic acids is 2. The van der Waals surface area contributed by atoms with Gasteiger partial charge in [0.2, 0.25) is 5.76 Å². The second-order valence-electron chi connectivity index (χ2n) is 10.3. The Kier molecular flexibility index (Phi) is 10.1. The predicted octanol–water partition coefficient (Wildman–Crippen LogP) is 6.60. The zero-order valence-corrected chi connectivity index (χ0v) is 28.2. The topological polar surface area (TPSA) is 123 Å². The van der Waals surface area contributed by atoms with Gasteiger partial charge < -0.3 is 28.1 Å². The molecule has 0 saturated carbocycles. The number of hydrogen-bond donors (Lipinski definition) is 0. The number of hydrogen-bond acceptors (Lipinski definition) is 8. The van der Waals surface area contributed by atoms with Crippen LogP contribution in [0.15, 0.2) is 66.9 Å². The number of sulfonamides is 1. The number of furan rings is 2. The van der Waals surface area contributed by atoms with Crippen LogP contribution in [-0.4, -0.2) is 69.7 Å². The highest BCUT2D eigenvalue weighted by atomic mass is 79.9. The Morgan fingerprint density at radius 2 is 1.78 bits per heavy atom. The van der Waals surface area contributed by atoms with Crippen molar-refractivity contribution >= 4 is 66.2 Å². The molecule has 1 aliphatic rings. The van der Waals surface area contributed by atoms with Crippen LogP contribution in [0, 0.1) is 6.92 Å². The molecule has 1 fully saturated rings. The first-order valence-electron chi connectivity index (χ1n) is 14.4. The largest absolute Gasteiger partial charge is 0.460 e. The number of anilines is 1. The van der Waals surface area contributed by atoms with E-state index in [0.29, 0.717) is 69.5 Å². The summed E-state index contributed by atoms with van der Waals surface area (Å²) in [4.78, 5) is 29.4. The number of rotatable bonds is 10. The molecule has 3 heterocycles. The van der Waals surface area contributed by atoms with E-state index < -0.39 is 16.0 Å². The number of esters is 1. The van der Waals surface area contributed by atoms with Crippen LogP contribution >= 0.6 is 27.5 Å². The normalized spacial score (nSPS) is 13.7. The monoisotopic (exact) mass is 721 g/mol. The van der Waals surface area contributed by atoms with Gasteiger partial charge in [-0.25, -0.2) is 18.0 Å². The molecule has 4 aromatic rings. The molecule has 0 N–H and O–H groups in total.